The van der Waals surface area contributed by atoms with E-state index in [9.17, 15) is 0 Å². The highest BCUT2D eigenvalue weighted by Crippen LogP contribution is 2.50. The summed E-state index contributed by atoms with van der Waals surface area (Å²) in [4.78, 5) is 19.9. The molecule has 0 atom stereocenters. The van der Waals surface area contributed by atoms with Gasteiger partial charge in [-0.2, -0.15) is 4.98 Å². The van der Waals surface area contributed by atoms with Crippen LogP contribution in [0.15, 0.2) is 67.1 Å². The molecular formula is C24H22N6O3. The van der Waals surface area contributed by atoms with E-state index >= 15 is 0 Å². The van der Waals surface area contributed by atoms with Crippen molar-refractivity contribution in [2.45, 2.75) is 19.6 Å². The molecular weight excluding hydrogens is 420 g/mol. The van der Waals surface area contributed by atoms with Crippen LogP contribution in [-0.2, 0) is 0 Å². The minimum Gasteiger partial charge on any atom is -0.493 e. The average molecular weight is 442 g/mol. The predicted molar refractivity (Wildman–Crippen MR) is 124 cm³/mol. The molecule has 5 rings (SSSR count). The highest BCUT2D eigenvalue weighted by atomic mass is 16.7. The molecule has 1 aromatic carbocycles. The molecule has 33 heavy (non-hydrogen) atoms. The van der Waals surface area contributed by atoms with E-state index in [2.05, 4.69) is 19.9 Å². The van der Waals surface area contributed by atoms with Crippen molar-refractivity contribution in [1.29, 1.82) is 0 Å². The van der Waals surface area contributed by atoms with Crippen molar-refractivity contribution in [2.75, 3.05) is 17.7 Å². The lowest BCUT2D eigenvalue weighted by Gasteiger charge is -2.25. The first-order chi connectivity index (χ1) is 15.9. The normalized spacial score (nSPS) is 13.5. The van der Waals surface area contributed by atoms with Crippen LogP contribution in [0, 0.1) is 0 Å². The molecule has 0 saturated heterocycles. The van der Waals surface area contributed by atoms with Crippen molar-refractivity contribution in [3.05, 3.63) is 67.1 Å². The predicted octanol–water partition coefficient (Wildman–Crippen LogP) is 4.50. The summed E-state index contributed by atoms with van der Waals surface area (Å²) < 4.78 is 17.6. The van der Waals surface area contributed by atoms with E-state index in [1.807, 2.05) is 61.2 Å². The smallest absolute Gasteiger partial charge is 0.246 e. The molecule has 4 aromatic rings. The van der Waals surface area contributed by atoms with Crippen molar-refractivity contribution in [1.82, 2.24) is 19.9 Å². The summed E-state index contributed by atoms with van der Waals surface area (Å²) in [5.74, 6) is 1.48. The van der Waals surface area contributed by atoms with E-state index in [1.54, 1.807) is 31.8 Å². The maximum Gasteiger partial charge on any atom is 0.246 e. The number of methoxy groups -OCH3 is 1. The molecule has 9 heteroatoms. The summed E-state index contributed by atoms with van der Waals surface area (Å²) in [7, 11) is 1.58. The minimum absolute atomic E-state index is 0.335. The van der Waals surface area contributed by atoms with Crippen molar-refractivity contribution < 1.29 is 14.2 Å². The molecule has 0 radical (unpaired) electrons. The molecule has 0 fully saturated rings. The van der Waals surface area contributed by atoms with E-state index in [4.69, 9.17) is 19.9 Å². The second-order valence-corrected chi connectivity index (χ2v) is 7.78. The number of hydrogen-bond acceptors (Lipinski definition) is 9. The fourth-order valence-electron chi connectivity index (χ4n) is 3.66. The summed E-state index contributed by atoms with van der Waals surface area (Å²) in [5, 5.41) is 0. The van der Waals surface area contributed by atoms with Crippen LogP contribution < -0.4 is 24.8 Å². The Kier molecular flexibility index (Phi) is 4.93. The minimum atomic E-state index is -0.819. The largest absolute Gasteiger partial charge is 0.493 e. The van der Waals surface area contributed by atoms with Gasteiger partial charge >= 0.3 is 0 Å². The van der Waals surface area contributed by atoms with Crippen LogP contribution in [0.3, 0.4) is 0 Å². The Morgan fingerprint density at radius 3 is 2.55 bits per heavy atom. The standard InChI is InChI=1S/C24H22N6O3/c1-24(2)32-19-14-15(13-18(31-3)22(19)33-24)30(23-28-12-9-20(25)29-23)17-8-6-11-27-21(17)16-7-4-5-10-26-16/h4-14H,1-3H3,(H2,25,28,29). The fraction of sp³-hybridized carbons (Fsp3) is 0.167. The highest BCUT2D eigenvalue weighted by Gasteiger charge is 2.36. The van der Waals surface area contributed by atoms with E-state index in [-0.39, 0.29) is 0 Å². The van der Waals surface area contributed by atoms with Gasteiger partial charge < -0.3 is 19.9 Å². The van der Waals surface area contributed by atoms with Crippen LogP contribution in [0.5, 0.6) is 17.2 Å². The third-order valence-electron chi connectivity index (χ3n) is 4.99. The lowest BCUT2D eigenvalue weighted by molar-refractivity contribution is -0.0439. The number of rotatable bonds is 5. The molecule has 0 aliphatic carbocycles. The molecule has 0 amide bonds. The zero-order chi connectivity index (χ0) is 23.0. The second kappa shape index (κ2) is 7.94. The fourth-order valence-corrected chi connectivity index (χ4v) is 3.66. The van der Waals surface area contributed by atoms with Gasteiger partial charge in [0.25, 0.3) is 0 Å². The Balaban J connectivity index is 1.75. The zero-order valence-electron chi connectivity index (χ0n) is 18.4. The number of aromatic nitrogens is 4. The molecule has 0 spiro atoms. The molecule has 4 heterocycles. The van der Waals surface area contributed by atoms with Gasteiger partial charge in [-0.05, 0) is 30.3 Å². The first kappa shape index (κ1) is 20.5. The van der Waals surface area contributed by atoms with Gasteiger partial charge in [0.1, 0.15) is 11.5 Å². The van der Waals surface area contributed by atoms with E-state index in [0.29, 0.717) is 51.8 Å². The van der Waals surface area contributed by atoms with Crippen molar-refractivity contribution in [2.24, 2.45) is 0 Å². The number of anilines is 4. The van der Waals surface area contributed by atoms with Gasteiger partial charge in [-0.25, -0.2) is 4.98 Å². The second-order valence-electron chi connectivity index (χ2n) is 7.78. The molecule has 0 unspecified atom stereocenters. The highest BCUT2D eigenvalue weighted by molar-refractivity contribution is 5.84. The molecule has 166 valence electrons. The Bertz CT molecular complexity index is 1310. The topological polar surface area (TPSA) is 109 Å². The number of nitrogen functional groups attached to an aromatic ring is 1. The van der Waals surface area contributed by atoms with Gasteiger partial charge in [0, 0.05) is 44.6 Å². The van der Waals surface area contributed by atoms with Crippen LogP contribution in [0.1, 0.15) is 13.8 Å². The summed E-state index contributed by atoms with van der Waals surface area (Å²) in [6, 6.07) is 14.8. The summed E-state index contributed by atoms with van der Waals surface area (Å²) in [6.07, 6.45) is 5.05. The van der Waals surface area contributed by atoms with Gasteiger partial charge in [0.05, 0.1) is 24.2 Å². The van der Waals surface area contributed by atoms with Crippen molar-refractivity contribution >= 4 is 23.1 Å². The maximum absolute atomic E-state index is 6.02. The summed E-state index contributed by atoms with van der Waals surface area (Å²) in [5.41, 5.74) is 8.76. The van der Waals surface area contributed by atoms with Crippen molar-refractivity contribution in [3.8, 4) is 28.6 Å². The number of hydrogen-bond donors (Lipinski definition) is 1. The molecule has 9 nitrogen and oxygen atoms in total. The Labute approximate surface area is 190 Å². The first-order valence-corrected chi connectivity index (χ1v) is 10.3. The number of nitrogens with zero attached hydrogens (tertiary/aromatic N) is 5. The van der Waals surface area contributed by atoms with Crippen LogP contribution in [0.2, 0.25) is 0 Å². The Morgan fingerprint density at radius 1 is 0.939 bits per heavy atom. The molecule has 1 aliphatic rings. The molecule has 1 aliphatic heterocycles. The van der Waals surface area contributed by atoms with Crippen LogP contribution >= 0.6 is 0 Å². The van der Waals surface area contributed by atoms with Crippen LogP contribution in [0.4, 0.5) is 23.1 Å². The van der Waals surface area contributed by atoms with Crippen LogP contribution in [0.25, 0.3) is 11.4 Å². The lowest BCUT2D eigenvalue weighted by atomic mass is 10.1. The first-order valence-electron chi connectivity index (χ1n) is 10.3. The number of ether oxygens (including phenoxy) is 3. The SMILES string of the molecule is COc1cc(N(c2nccc(N)n2)c2cccnc2-c2ccccn2)cc2c1OC(C)(C)O2. The number of nitrogens with two attached hydrogens (primary N) is 1. The van der Waals surface area contributed by atoms with E-state index < -0.39 is 5.79 Å². The average Bonchev–Trinajstić information content (AvgIpc) is 3.13. The number of benzene rings is 1. The monoisotopic (exact) mass is 442 g/mol. The third-order valence-corrected chi connectivity index (χ3v) is 4.99. The Hall–Kier alpha value is -4.40. The Morgan fingerprint density at radius 2 is 1.79 bits per heavy atom. The summed E-state index contributed by atoms with van der Waals surface area (Å²) in [6.45, 7) is 3.68. The van der Waals surface area contributed by atoms with Crippen LogP contribution in [-0.4, -0.2) is 32.8 Å². The number of fused-ring (bicyclic) bond motifs is 1. The van der Waals surface area contributed by atoms with E-state index in [0.717, 1.165) is 0 Å². The van der Waals surface area contributed by atoms with Gasteiger partial charge in [0.2, 0.25) is 17.5 Å². The molecule has 2 N–H and O–H groups in total. The molecule has 3 aromatic heterocycles. The van der Waals surface area contributed by atoms with Gasteiger partial charge in [-0.15, -0.1) is 0 Å². The van der Waals surface area contributed by atoms with Gasteiger partial charge in [-0.3, -0.25) is 14.9 Å². The van der Waals surface area contributed by atoms with Crippen molar-refractivity contribution in [3.63, 3.8) is 0 Å². The maximum atomic E-state index is 6.02. The summed E-state index contributed by atoms with van der Waals surface area (Å²) >= 11 is 0. The van der Waals surface area contributed by atoms with Gasteiger partial charge in [-0.1, -0.05) is 6.07 Å². The zero-order valence-corrected chi connectivity index (χ0v) is 18.4. The third kappa shape index (κ3) is 3.84. The molecule has 0 bridgehead atoms. The van der Waals surface area contributed by atoms with E-state index in [1.165, 1.54) is 0 Å². The van der Waals surface area contributed by atoms with Gasteiger partial charge in [0.15, 0.2) is 11.5 Å². The number of pyridine rings is 2. The molecule has 0 saturated carbocycles. The quantitative estimate of drug-likeness (QED) is 0.478. The lowest BCUT2D eigenvalue weighted by Crippen LogP contribution is -2.29.